The molecule has 2 aliphatic carbocycles. The van der Waals surface area contributed by atoms with Gasteiger partial charge in [-0.3, -0.25) is 4.79 Å². The molecule has 19 heavy (non-hydrogen) atoms. The minimum Gasteiger partial charge on any atom is -0.480 e. The van der Waals surface area contributed by atoms with E-state index in [1.165, 1.54) is 11.9 Å². The van der Waals surface area contributed by atoms with Gasteiger partial charge >= 0.3 is 12.0 Å². The molecule has 7 heteroatoms. The first-order chi connectivity index (χ1) is 8.93. The van der Waals surface area contributed by atoms with Crippen molar-refractivity contribution in [1.82, 2.24) is 15.5 Å². The van der Waals surface area contributed by atoms with Gasteiger partial charge in [-0.2, -0.15) is 0 Å². The highest BCUT2D eigenvalue weighted by molar-refractivity contribution is 5.89. The maximum Gasteiger partial charge on any atom is 0.329 e. The highest BCUT2D eigenvalue weighted by Gasteiger charge is 2.46. The van der Waals surface area contributed by atoms with E-state index in [9.17, 15) is 14.4 Å². The highest BCUT2D eigenvalue weighted by atomic mass is 16.4. The van der Waals surface area contributed by atoms with Crippen molar-refractivity contribution in [3.05, 3.63) is 0 Å². The minimum absolute atomic E-state index is 0.0575. The van der Waals surface area contributed by atoms with Gasteiger partial charge in [0.15, 0.2) is 0 Å². The fraction of sp³-hybridized carbons (Fsp3) is 0.750. The Morgan fingerprint density at radius 1 is 1.32 bits per heavy atom. The molecule has 3 N–H and O–H groups in total. The van der Waals surface area contributed by atoms with Gasteiger partial charge in [0.2, 0.25) is 5.91 Å². The van der Waals surface area contributed by atoms with Crippen LogP contribution in [0.25, 0.3) is 0 Å². The third-order valence-electron chi connectivity index (χ3n) is 3.63. The first kappa shape index (κ1) is 13.6. The molecule has 0 unspecified atom stereocenters. The first-order valence-electron chi connectivity index (χ1n) is 6.49. The molecule has 0 heterocycles. The van der Waals surface area contributed by atoms with Crippen molar-refractivity contribution in [2.24, 2.45) is 0 Å². The van der Waals surface area contributed by atoms with E-state index < -0.39 is 17.5 Å². The van der Waals surface area contributed by atoms with Crippen LogP contribution in [-0.2, 0) is 9.59 Å². The molecule has 0 bridgehead atoms. The number of hydrogen-bond acceptors (Lipinski definition) is 3. The third kappa shape index (κ3) is 3.15. The lowest BCUT2D eigenvalue weighted by atomic mass is 9.77. The van der Waals surface area contributed by atoms with E-state index in [4.69, 9.17) is 5.11 Å². The van der Waals surface area contributed by atoms with Crippen LogP contribution in [0.1, 0.15) is 32.1 Å². The molecule has 2 aliphatic rings. The second-order valence-corrected chi connectivity index (χ2v) is 5.37. The zero-order valence-corrected chi connectivity index (χ0v) is 10.9. The topological polar surface area (TPSA) is 98.7 Å². The van der Waals surface area contributed by atoms with E-state index in [1.807, 2.05) is 0 Å². The molecule has 106 valence electrons. The summed E-state index contributed by atoms with van der Waals surface area (Å²) < 4.78 is 0. The number of likely N-dealkylation sites (N-methyl/N-ethyl adjacent to an activating group) is 1. The van der Waals surface area contributed by atoms with Crippen molar-refractivity contribution < 1.29 is 19.5 Å². The number of amides is 3. The van der Waals surface area contributed by atoms with Crippen LogP contribution >= 0.6 is 0 Å². The second-order valence-electron chi connectivity index (χ2n) is 5.37. The molecular formula is C12H19N3O4. The molecule has 0 aromatic heterocycles. The standard InChI is InChI=1S/C12H19N3O4/c1-15(7-9(16)13-8-3-4-8)11(19)14-12(10(17)18)5-2-6-12/h8H,2-7H2,1H3,(H,13,16)(H,14,19)(H,17,18). The molecule has 2 saturated carbocycles. The van der Waals surface area contributed by atoms with Crippen molar-refractivity contribution in [3.63, 3.8) is 0 Å². The number of aliphatic carboxylic acids is 1. The van der Waals surface area contributed by atoms with Crippen LogP contribution in [-0.4, -0.2) is 53.1 Å². The number of carbonyl (C=O) groups excluding carboxylic acids is 2. The molecule has 0 aromatic rings. The summed E-state index contributed by atoms with van der Waals surface area (Å²) in [4.78, 5) is 35.7. The molecule has 0 radical (unpaired) electrons. The fourth-order valence-corrected chi connectivity index (χ4v) is 2.01. The Kier molecular flexibility index (Phi) is 3.64. The van der Waals surface area contributed by atoms with Crippen LogP contribution in [0.4, 0.5) is 4.79 Å². The highest BCUT2D eigenvalue weighted by Crippen LogP contribution is 2.32. The third-order valence-corrected chi connectivity index (χ3v) is 3.63. The monoisotopic (exact) mass is 269 g/mol. The number of carbonyl (C=O) groups is 3. The molecule has 2 fully saturated rings. The maximum absolute atomic E-state index is 11.9. The Morgan fingerprint density at radius 2 is 1.95 bits per heavy atom. The Balaban J connectivity index is 1.81. The van der Waals surface area contributed by atoms with Crippen LogP contribution < -0.4 is 10.6 Å². The summed E-state index contributed by atoms with van der Waals surface area (Å²) in [6.07, 6.45) is 3.65. The fourth-order valence-electron chi connectivity index (χ4n) is 2.01. The van der Waals surface area contributed by atoms with Gasteiger partial charge in [-0.15, -0.1) is 0 Å². The summed E-state index contributed by atoms with van der Waals surface area (Å²) in [7, 11) is 1.48. The SMILES string of the molecule is CN(CC(=O)NC1CC1)C(=O)NC1(C(=O)O)CCC1. The molecule has 0 aliphatic heterocycles. The van der Waals surface area contributed by atoms with Crippen LogP contribution in [0.2, 0.25) is 0 Å². The Labute approximate surface area is 111 Å². The normalized spacial score (nSPS) is 20.1. The summed E-state index contributed by atoms with van der Waals surface area (Å²) in [5, 5.41) is 14.4. The number of carboxylic acid groups (broad SMARTS) is 1. The van der Waals surface area contributed by atoms with Gasteiger partial charge in [-0.05, 0) is 32.1 Å². The zero-order valence-electron chi connectivity index (χ0n) is 10.9. The van der Waals surface area contributed by atoms with Crippen molar-refractivity contribution >= 4 is 17.9 Å². The zero-order chi connectivity index (χ0) is 14.0. The minimum atomic E-state index is -1.14. The van der Waals surface area contributed by atoms with Crippen molar-refractivity contribution in [3.8, 4) is 0 Å². The van der Waals surface area contributed by atoms with Crippen LogP contribution in [0, 0.1) is 0 Å². The first-order valence-corrected chi connectivity index (χ1v) is 6.49. The number of carboxylic acids is 1. The van der Waals surface area contributed by atoms with E-state index in [1.54, 1.807) is 0 Å². The Bertz CT molecular complexity index is 402. The van der Waals surface area contributed by atoms with Gasteiger partial charge in [0.1, 0.15) is 12.1 Å². The van der Waals surface area contributed by atoms with Crippen LogP contribution in [0.3, 0.4) is 0 Å². The van der Waals surface area contributed by atoms with Gasteiger partial charge in [0.25, 0.3) is 0 Å². The second kappa shape index (κ2) is 5.07. The van der Waals surface area contributed by atoms with Crippen LogP contribution in [0.15, 0.2) is 0 Å². The van der Waals surface area contributed by atoms with E-state index in [0.717, 1.165) is 19.3 Å². The van der Waals surface area contributed by atoms with E-state index in [-0.39, 0.29) is 18.5 Å². The van der Waals surface area contributed by atoms with Crippen molar-refractivity contribution in [2.45, 2.75) is 43.7 Å². The molecule has 0 aromatic carbocycles. The number of rotatable bonds is 5. The number of hydrogen-bond donors (Lipinski definition) is 3. The van der Waals surface area contributed by atoms with Gasteiger partial charge < -0.3 is 20.6 Å². The molecule has 0 spiro atoms. The van der Waals surface area contributed by atoms with E-state index >= 15 is 0 Å². The predicted molar refractivity (Wildman–Crippen MR) is 66.5 cm³/mol. The number of nitrogens with zero attached hydrogens (tertiary/aromatic N) is 1. The van der Waals surface area contributed by atoms with Gasteiger partial charge in [-0.1, -0.05) is 0 Å². The average molecular weight is 269 g/mol. The average Bonchev–Trinajstić information content (AvgIpc) is 3.05. The van der Waals surface area contributed by atoms with Crippen molar-refractivity contribution in [1.29, 1.82) is 0 Å². The van der Waals surface area contributed by atoms with Gasteiger partial charge in [0.05, 0.1) is 0 Å². The molecule has 0 atom stereocenters. The van der Waals surface area contributed by atoms with E-state index in [2.05, 4.69) is 10.6 Å². The summed E-state index contributed by atoms with van der Waals surface area (Å²) in [5.41, 5.74) is -1.14. The smallest absolute Gasteiger partial charge is 0.329 e. The summed E-state index contributed by atoms with van der Waals surface area (Å²) in [6.45, 7) is -0.0575. The van der Waals surface area contributed by atoms with E-state index in [0.29, 0.717) is 12.8 Å². The molecule has 3 amide bonds. The summed E-state index contributed by atoms with van der Waals surface area (Å²) >= 11 is 0. The quantitative estimate of drug-likeness (QED) is 0.649. The van der Waals surface area contributed by atoms with Gasteiger partial charge in [-0.25, -0.2) is 9.59 Å². The molecule has 7 nitrogen and oxygen atoms in total. The summed E-state index contributed by atoms with van der Waals surface area (Å²) in [5.74, 6) is -1.22. The molecule has 2 rings (SSSR count). The molecule has 0 saturated heterocycles. The van der Waals surface area contributed by atoms with Crippen LogP contribution in [0.5, 0.6) is 0 Å². The lowest BCUT2D eigenvalue weighted by molar-refractivity contribution is -0.148. The largest absolute Gasteiger partial charge is 0.480 e. The lowest BCUT2D eigenvalue weighted by Crippen LogP contribution is -2.61. The Morgan fingerprint density at radius 3 is 2.37 bits per heavy atom. The number of nitrogens with one attached hydrogen (secondary N) is 2. The maximum atomic E-state index is 11.9. The molecular weight excluding hydrogens is 250 g/mol. The lowest BCUT2D eigenvalue weighted by Gasteiger charge is -2.39. The number of urea groups is 1. The Hall–Kier alpha value is -1.79. The summed E-state index contributed by atoms with van der Waals surface area (Å²) in [6, 6.07) is -0.269. The predicted octanol–water partition coefficient (Wildman–Crippen LogP) is -0.0863. The van der Waals surface area contributed by atoms with Crippen molar-refractivity contribution in [2.75, 3.05) is 13.6 Å². The van der Waals surface area contributed by atoms with Gasteiger partial charge in [0, 0.05) is 13.1 Å².